The zero-order chi connectivity index (χ0) is 15.0. The van der Waals surface area contributed by atoms with Gasteiger partial charge < -0.3 is 4.42 Å². The number of ketones is 3. The lowest BCUT2D eigenvalue weighted by Gasteiger charge is -2.07. The molecule has 0 unspecified atom stereocenters. The molecule has 0 bridgehead atoms. The summed E-state index contributed by atoms with van der Waals surface area (Å²) < 4.78 is 5.05. The van der Waals surface area contributed by atoms with E-state index in [0.717, 1.165) is 0 Å². The van der Waals surface area contributed by atoms with Crippen LogP contribution >= 0.6 is 0 Å². The monoisotopic (exact) mass is 272 g/mol. The Kier molecular flexibility index (Phi) is 3.36. The van der Waals surface area contributed by atoms with Crippen LogP contribution < -0.4 is 5.63 Å². The minimum Gasteiger partial charge on any atom is -0.422 e. The fourth-order valence-corrected chi connectivity index (χ4v) is 2.11. The van der Waals surface area contributed by atoms with Crippen molar-refractivity contribution in [1.82, 2.24) is 0 Å². The molecular weight excluding hydrogens is 260 g/mol. The van der Waals surface area contributed by atoms with E-state index in [-0.39, 0.29) is 22.5 Å². The lowest BCUT2D eigenvalue weighted by molar-refractivity contribution is 0.0978. The van der Waals surface area contributed by atoms with E-state index in [9.17, 15) is 19.2 Å². The van der Waals surface area contributed by atoms with Crippen LogP contribution in [0.3, 0.4) is 0 Å². The predicted octanol–water partition coefficient (Wildman–Crippen LogP) is 2.40. The van der Waals surface area contributed by atoms with Crippen molar-refractivity contribution < 1.29 is 18.8 Å². The molecule has 1 aromatic carbocycles. The fraction of sp³-hybridized carbons (Fsp3) is 0.200. The van der Waals surface area contributed by atoms with Gasteiger partial charge in [-0.3, -0.25) is 14.4 Å². The van der Waals surface area contributed by atoms with Gasteiger partial charge in [0.25, 0.3) is 0 Å². The van der Waals surface area contributed by atoms with Gasteiger partial charge in [-0.15, -0.1) is 0 Å². The Labute approximate surface area is 114 Å². The molecule has 0 amide bonds. The summed E-state index contributed by atoms with van der Waals surface area (Å²) in [6, 6.07) is 4.44. The standard InChI is InChI=1S/C15H12O5/c1-7(16)10-4-5-11-12(6-10)20-15(19)14(9(3)18)13(11)8(2)17/h4-6H,1-3H3. The van der Waals surface area contributed by atoms with E-state index in [0.29, 0.717) is 10.9 Å². The van der Waals surface area contributed by atoms with Crippen LogP contribution in [-0.2, 0) is 0 Å². The molecule has 0 saturated carbocycles. The van der Waals surface area contributed by atoms with Crippen molar-refractivity contribution in [3.05, 3.63) is 45.3 Å². The molecule has 0 aliphatic rings. The predicted molar refractivity (Wildman–Crippen MR) is 72.5 cm³/mol. The second-order valence-electron chi connectivity index (χ2n) is 4.52. The van der Waals surface area contributed by atoms with Gasteiger partial charge in [0.1, 0.15) is 11.1 Å². The Hall–Kier alpha value is -2.56. The van der Waals surface area contributed by atoms with E-state index in [1.165, 1.54) is 39.0 Å². The summed E-state index contributed by atoms with van der Waals surface area (Å²) in [6.07, 6.45) is 0. The Morgan fingerprint density at radius 2 is 1.50 bits per heavy atom. The van der Waals surface area contributed by atoms with Crippen molar-refractivity contribution >= 4 is 28.3 Å². The summed E-state index contributed by atoms with van der Waals surface area (Å²) >= 11 is 0. The summed E-state index contributed by atoms with van der Waals surface area (Å²) in [5, 5.41) is 0.354. The molecule has 0 atom stereocenters. The van der Waals surface area contributed by atoms with Gasteiger partial charge in [0.05, 0.1) is 0 Å². The number of benzene rings is 1. The highest BCUT2D eigenvalue weighted by molar-refractivity contribution is 6.14. The number of hydrogen-bond donors (Lipinski definition) is 0. The lowest BCUT2D eigenvalue weighted by Crippen LogP contribution is -2.18. The number of Topliss-reactive ketones (excluding diaryl/α,β-unsaturated/α-hetero) is 3. The third-order valence-corrected chi connectivity index (χ3v) is 3.02. The van der Waals surface area contributed by atoms with E-state index in [2.05, 4.69) is 0 Å². The molecule has 20 heavy (non-hydrogen) atoms. The quantitative estimate of drug-likeness (QED) is 0.633. The smallest absolute Gasteiger partial charge is 0.347 e. The summed E-state index contributed by atoms with van der Waals surface area (Å²) in [6.45, 7) is 3.86. The zero-order valence-corrected chi connectivity index (χ0v) is 11.3. The first kappa shape index (κ1) is 13.9. The molecule has 5 heteroatoms. The number of hydrogen-bond acceptors (Lipinski definition) is 5. The SMILES string of the molecule is CC(=O)c1ccc2c(C(C)=O)c(C(C)=O)c(=O)oc2c1. The first-order valence-electron chi connectivity index (χ1n) is 5.96. The summed E-state index contributed by atoms with van der Waals surface area (Å²) in [5.41, 5.74) is -0.584. The Morgan fingerprint density at radius 3 is 2.00 bits per heavy atom. The van der Waals surface area contributed by atoms with Crippen LogP contribution in [0.5, 0.6) is 0 Å². The van der Waals surface area contributed by atoms with Crippen molar-refractivity contribution in [3.8, 4) is 0 Å². The van der Waals surface area contributed by atoms with Crippen LogP contribution in [-0.4, -0.2) is 17.3 Å². The van der Waals surface area contributed by atoms with E-state index in [1.54, 1.807) is 0 Å². The molecule has 1 aromatic heterocycles. The Balaban J connectivity index is 2.97. The minimum absolute atomic E-state index is 0.0406. The second kappa shape index (κ2) is 4.85. The molecule has 0 saturated heterocycles. The highest BCUT2D eigenvalue weighted by atomic mass is 16.4. The number of carbonyl (C=O) groups excluding carboxylic acids is 3. The maximum atomic E-state index is 11.9. The summed E-state index contributed by atoms with van der Waals surface area (Å²) in [4.78, 5) is 46.5. The molecule has 2 aromatic rings. The molecule has 1 heterocycles. The molecule has 0 fully saturated rings. The van der Waals surface area contributed by atoms with Crippen LogP contribution in [0.2, 0.25) is 0 Å². The van der Waals surface area contributed by atoms with Gasteiger partial charge in [0.2, 0.25) is 0 Å². The molecule has 2 rings (SSSR count). The maximum absolute atomic E-state index is 11.9. The normalized spacial score (nSPS) is 10.6. The van der Waals surface area contributed by atoms with Gasteiger partial charge in [0, 0.05) is 16.5 Å². The molecular formula is C15H12O5. The van der Waals surface area contributed by atoms with Gasteiger partial charge in [-0.25, -0.2) is 4.79 Å². The number of carbonyl (C=O) groups is 3. The highest BCUT2D eigenvalue weighted by Gasteiger charge is 2.21. The van der Waals surface area contributed by atoms with Crippen LogP contribution in [0, 0.1) is 0 Å². The molecule has 102 valence electrons. The molecule has 0 aliphatic carbocycles. The maximum Gasteiger partial charge on any atom is 0.347 e. The van der Waals surface area contributed by atoms with Crippen molar-refractivity contribution in [2.45, 2.75) is 20.8 Å². The summed E-state index contributed by atoms with van der Waals surface area (Å²) in [7, 11) is 0. The van der Waals surface area contributed by atoms with Gasteiger partial charge >= 0.3 is 5.63 Å². The van der Waals surface area contributed by atoms with Crippen LogP contribution in [0.15, 0.2) is 27.4 Å². The minimum atomic E-state index is -0.865. The van der Waals surface area contributed by atoms with E-state index in [1.807, 2.05) is 0 Å². The Bertz CT molecular complexity index is 811. The van der Waals surface area contributed by atoms with Crippen LogP contribution in [0.1, 0.15) is 51.8 Å². The van der Waals surface area contributed by atoms with Gasteiger partial charge in [-0.05, 0) is 32.9 Å². The van der Waals surface area contributed by atoms with E-state index < -0.39 is 17.2 Å². The van der Waals surface area contributed by atoms with E-state index >= 15 is 0 Å². The molecule has 0 aliphatic heterocycles. The van der Waals surface area contributed by atoms with E-state index in [4.69, 9.17) is 4.42 Å². The average molecular weight is 272 g/mol. The van der Waals surface area contributed by atoms with Gasteiger partial charge in [-0.2, -0.15) is 0 Å². The van der Waals surface area contributed by atoms with Crippen molar-refractivity contribution in [1.29, 1.82) is 0 Å². The second-order valence-corrected chi connectivity index (χ2v) is 4.52. The molecule has 5 nitrogen and oxygen atoms in total. The molecule has 0 spiro atoms. The fourth-order valence-electron chi connectivity index (χ4n) is 2.11. The van der Waals surface area contributed by atoms with Gasteiger partial charge in [0.15, 0.2) is 17.3 Å². The zero-order valence-electron chi connectivity index (χ0n) is 11.3. The van der Waals surface area contributed by atoms with Crippen LogP contribution in [0.25, 0.3) is 11.0 Å². The van der Waals surface area contributed by atoms with Crippen molar-refractivity contribution in [2.24, 2.45) is 0 Å². The highest BCUT2D eigenvalue weighted by Crippen LogP contribution is 2.22. The molecule has 0 N–H and O–H groups in total. The van der Waals surface area contributed by atoms with Crippen molar-refractivity contribution in [2.75, 3.05) is 0 Å². The average Bonchev–Trinajstić information content (AvgIpc) is 2.35. The molecule has 0 radical (unpaired) electrons. The lowest BCUT2D eigenvalue weighted by atomic mass is 9.98. The first-order chi connectivity index (χ1) is 9.32. The third-order valence-electron chi connectivity index (χ3n) is 3.02. The van der Waals surface area contributed by atoms with Crippen LogP contribution in [0.4, 0.5) is 0 Å². The Morgan fingerprint density at radius 1 is 0.900 bits per heavy atom. The summed E-state index contributed by atoms with van der Waals surface area (Å²) in [5.74, 6) is -1.11. The number of rotatable bonds is 3. The third kappa shape index (κ3) is 2.18. The number of fused-ring (bicyclic) bond motifs is 1. The first-order valence-corrected chi connectivity index (χ1v) is 5.96. The van der Waals surface area contributed by atoms with Gasteiger partial charge in [-0.1, -0.05) is 6.07 Å². The largest absolute Gasteiger partial charge is 0.422 e. The topological polar surface area (TPSA) is 81.4 Å². The van der Waals surface area contributed by atoms with Crippen molar-refractivity contribution in [3.63, 3.8) is 0 Å².